The van der Waals surface area contributed by atoms with E-state index in [0.29, 0.717) is 0 Å². The van der Waals surface area contributed by atoms with Crippen molar-refractivity contribution in [1.29, 1.82) is 0 Å². The number of benzene rings is 3. The van der Waals surface area contributed by atoms with E-state index in [1.54, 1.807) is 0 Å². The molecule has 100 valence electrons. The molecule has 1 heteroatoms. The molecule has 1 aliphatic heterocycles. The fourth-order valence-corrected chi connectivity index (χ4v) is 4.01. The molecule has 0 N–H and O–H groups in total. The zero-order chi connectivity index (χ0) is 14.0. The Bertz CT molecular complexity index is 894. The van der Waals surface area contributed by atoms with Gasteiger partial charge >= 0.3 is 0 Å². The molecule has 0 radical (unpaired) electrons. The van der Waals surface area contributed by atoms with Gasteiger partial charge < -0.3 is 4.74 Å². The Balaban J connectivity index is 1.99. The highest BCUT2D eigenvalue weighted by atomic mass is 16.5. The fraction of sp³-hybridized carbons (Fsp3) is 0.100. The Morgan fingerprint density at radius 2 is 1.33 bits per heavy atom. The number of fused-ring (bicyclic) bond motifs is 5. The van der Waals surface area contributed by atoms with Crippen LogP contribution in [0.3, 0.4) is 0 Å². The summed E-state index contributed by atoms with van der Waals surface area (Å²) in [6.45, 7) is 2.32. The van der Waals surface area contributed by atoms with Crippen LogP contribution in [0.5, 0.6) is 11.5 Å². The van der Waals surface area contributed by atoms with E-state index < -0.39 is 0 Å². The maximum atomic E-state index is 6.17. The molecule has 1 atom stereocenters. The molecule has 2 aliphatic rings. The van der Waals surface area contributed by atoms with Crippen LogP contribution in [0.1, 0.15) is 23.6 Å². The smallest absolute Gasteiger partial charge is 0.132 e. The van der Waals surface area contributed by atoms with E-state index in [2.05, 4.69) is 67.6 Å². The van der Waals surface area contributed by atoms with Gasteiger partial charge in [-0.2, -0.15) is 0 Å². The monoisotopic (exact) mass is 270 g/mol. The highest BCUT2D eigenvalue weighted by Gasteiger charge is 2.46. The van der Waals surface area contributed by atoms with Crippen LogP contribution in [0, 0.1) is 0 Å². The molecule has 0 fully saturated rings. The Hall–Kier alpha value is -2.54. The second-order valence-electron chi connectivity index (χ2n) is 5.95. The predicted octanol–water partition coefficient (Wildman–Crippen LogP) is 5.13. The fourth-order valence-electron chi connectivity index (χ4n) is 4.01. The first kappa shape index (κ1) is 11.2. The number of rotatable bonds is 0. The first-order valence-corrected chi connectivity index (χ1v) is 7.31. The molecular formula is C20H14O. The summed E-state index contributed by atoms with van der Waals surface area (Å²) in [5, 5.41) is 0. The summed E-state index contributed by atoms with van der Waals surface area (Å²) >= 11 is 0. The molecule has 0 saturated heterocycles. The van der Waals surface area contributed by atoms with Gasteiger partial charge in [-0.1, -0.05) is 54.6 Å². The van der Waals surface area contributed by atoms with Crippen LogP contribution in [-0.2, 0) is 5.41 Å². The second kappa shape index (κ2) is 3.56. The highest BCUT2D eigenvalue weighted by Crippen LogP contribution is 2.60. The molecule has 0 spiro atoms. The minimum absolute atomic E-state index is 0.114. The standard InChI is InChI=1S/C20H14O/c1-20-15-9-3-2-7-13(15)14-8-6-12-18(19(14)20)21-17-11-5-4-10-16(17)20/h2-12H,1H3/t20-/m1/s1. The van der Waals surface area contributed by atoms with Crippen molar-refractivity contribution in [2.75, 3.05) is 0 Å². The molecule has 0 saturated carbocycles. The summed E-state index contributed by atoms with van der Waals surface area (Å²) in [7, 11) is 0. The third-order valence-electron chi connectivity index (χ3n) is 4.93. The molecule has 3 aromatic rings. The zero-order valence-electron chi connectivity index (χ0n) is 11.8. The van der Waals surface area contributed by atoms with Crippen LogP contribution in [0.4, 0.5) is 0 Å². The van der Waals surface area contributed by atoms with Crippen molar-refractivity contribution >= 4 is 0 Å². The van der Waals surface area contributed by atoms with Crippen molar-refractivity contribution in [3.63, 3.8) is 0 Å². The molecule has 0 bridgehead atoms. The van der Waals surface area contributed by atoms with E-state index in [9.17, 15) is 0 Å². The highest BCUT2D eigenvalue weighted by molar-refractivity contribution is 5.87. The Labute approximate surface area is 123 Å². The molecule has 0 amide bonds. The van der Waals surface area contributed by atoms with Gasteiger partial charge in [0, 0.05) is 11.1 Å². The molecule has 1 heterocycles. The van der Waals surface area contributed by atoms with Crippen LogP contribution < -0.4 is 4.74 Å². The summed E-state index contributed by atoms with van der Waals surface area (Å²) in [6.07, 6.45) is 0. The second-order valence-corrected chi connectivity index (χ2v) is 5.95. The maximum Gasteiger partial charge on any atom is 0.132 e. The van der Waals surface area contributed by atoms with Gasteiger partial charge in [-0.05, 0) is 35.7 Å². The SMILES string of the molecule is C[C@@]12c3ccccc3Oc3cccc(c31)-c1ccccc12. The average molecular weight is 270 g/mol. The van der Waals surface area contributed by atoms with E-state index >= 15 is 0 Å². The van der Waals surface area contributed by atoms with Crippen LogP contribution in [0.2, 0.25) is 0 Å². The molecule has 0 unspecified atom stereocenters. The quantitative estimate of drug-likeness (QED) is 0.550. The van der Waals surface area contributed by atoms with E-state index in [4.69, 9.17) is 4.74 Å². The summed E-state index contributed by atoms with van der Waals surface area (Å²) in [4.78, 5) is 0. The van der Waals surface area contributed by atoms with Crippen molar-refractivity contribution in [2.45, 2.75) is 12.3 Å². The lowest BCUT2D eigenvalue weighted by Gasteiger charge is -2.35. The summed E-state index contributed by atoms with van der Waals surface area (Å²) in [6, 6.07) is 23.5. The normalized spacial score (nSPS) is 20.2. The van der Waals surface area contributed by atoms with Crippen molar-refractivity contribution in [2.24, 2.45) is 0 Å². The van der Waals surface area contributed by atoms with Crippen molar-refractivity contribution in [1.82, 2.24) is 0 Å². The molecule has 0 aromatic heterocycles. The lowest BCUT2D eigenvalue weighted by atomic mass is 9.72. The molecule has 21 heavy (non-hydrogen) atoms. The van der Waals surface area contributed by atoms with Gasteiger partial charge in [0.2, 0.25) is 0 Å². The minimum Gasteiger partial charge on any atom is -0.457 e. The lowest BCUT2D eigenvalue weighted by molar-refractivity contribution is 0.431. The number of hydrogen-bond acceptors (Lipinski definition) is 1. The van der Waals surface area contributed by atoms with Crippen molar-refractivity contribution in [3.05, 3.63) is 83.4 Å². The average Bonchev–Trinajstić information content (AvgIpc) is 2.80. The first-order valence-electron chi connectivity index (χ1n) is 7.31. The largest absolute Gasteiger partial charge is 0.457 e. The zero-order valence-corrected chi connectivity index (χ0v) is 11.8. The van der Waals surface area contributed by atoms with Crippen LogP contribution in [-0.4, -0.2) is 0 Å². The van der Waals surface area contributed by atoms with Crippen molar-refractivity contribution in [3.8, 4) is 22.6 Å². The van der Waals surface area contributed by atoms with Gasteiger partial charge in [-0.3, -0.25) is 0 Å². The maximum absolute atomic E-state index is 6.17. The van der Waals surface area contributed by atoms with Crippen molar-refractivity contribution < 1.29 is 4.74 Å². The summed E-state index contributed by atoms with van der Waals surface area (Å²) < 4.78 is 6.17. The lowest BCUT2D eigenvalue weighted by Crippen LogP contribution is -2.26. The van der Waals surface area contributed by atoms with E-state index in [1.807, 2.05) is 6.07 Å². The number of hydrogen-bond donors (Lipinski definition) is 0. The van der Waals surface area contributed by atoms with E-state index in [0.717, 1.165) is 11.5 Å². The Morgan fingerprint density at radius 3 is 2.24 bits per heavy atom. The van der Waals surface area contributed by atoms with Gasteiger partial charge in [0.15, 0.2) is 0 Å². The third kappa shape index (κ3) is 1.18. The molecule has 5 rings (SSSR count). The van der Waals surface area contributed by atoms with Gasteiger partial charge in [0.1, 0.15) is 11.5 Å². The van der Waals surface area contributed by atoms with E-state index in [-0.39, 0.29) is 5.41 Å². The number of ether oxygens (including phenoxy) is 1. The Kier molecular flexibility index (Phi) is 1.89. The number of para-hydroxylation sites is 1. The molecule has 1 nitrogen and oxygen atoms in total. The minimum atomic E-state index is -0.114. The van der Waals surface area contributed by atoms with Crippen LogP contribution in [0.15, 0.2) is 66.7 Å². The molecule has 1 aliphatic carbocycles. The molecular weight excluding hydrogens is 256 g/mol. The van der Waals surface area contributed by atoms with Gasteiger partial charge in [-0.25, -0.2) is 0 Å². The van der Waals surface area contributed by atoms with Gasteiger partial charge in [-0.15, -0.1) is 0 Å². The topological polar surface area (TPSA) is 9.23 Å². The van der Waals surface area contributed by atoms with Gasteiger partial charge in [0.25, 0.3) is 0 Å². The predicted molar refractivity (Wildman–Crippen MR) is 84.0 cm³/mol. The van der Waals surface area contributed by atoms with Crippen LogP contribution >= 0.6 is 0 Å². The first-order chi connectivity index (χ1) is 10.3. The third-order valence-corrected chi connectivity index (χ3v) is 4.93. The summed E-state index contributed by atoms with van der Waals surface area (Å²) in [5.74, 6) is 1.96. The van der Waals surface area contributed by atoms with Crippen LogP contribution in [0.25, 0.3) is 11.1 Å². The Morgan fingerprint density at radius 1 is 0.667 bits per heavy atom. The van der Waals surface area contributed by atoms with E-state index in [1.165, 1.54) is 27.8 Å². The summed E-state index contributed by atoms with van der Waals surface area (Å²) in [5.41, 5.74) is 6.47. The molecule has 3 aromatic carbocycles. The van der Waals surface area contributed by atoms with Gasteiger partial charge in [0.05, 0.1) is 5.41 Å².